The number of thioether (sulfide) groups is 1. The molecule has 1 unspecified atom stereocenters. The minimum Gasteiger partial charge on any atom is -0.493 e. The molecular formula is C15H24BrNO2S. The fourth-order valence-electron chi connectivity index (χ4n) is 1.97. The quantitative estimate of drug-likeness (QED) is 0.721. The van der Waals surface area contributed by atoms with Gasteiger partial charge in [-0.05, 0) is 65.0 Å². The summed E-state index contributed by atoms with van der Waals surface area (Å²) in [5.41, 5.74) is 1.19. The molecule has 114 valence electrons. The van der Waals surface area contributed by atoms with E-state index in [1.807, 2.05) is 24.8 Å². The van der Waals surface area contributed by atoms with Crippen LogP contribution >= 0.6 is 27.7 Å². The van der Waals surface area contributed by atoms with E-state index >= 15 is 0 Å². The molecule has 1 aromatic rings. The van der Waals surface area contributed by atoms with E-state index in [9.17, 15) is 0 Å². The first kappa shape index (κ1) is 17.7. The summed E-state index contributed by atoms with van der Waals surface area (Å²) in [5, 5.41) is 3.49. The van der Waals surface area contributed by atoms with E-state index in [1.165, 1.54) is 11.3 Å². The Hall–Kier alpha value is -0.390. The summed E-state index contributed by atoms with van der Waals surface area (Å²) in [6, 6.07) is 4.11. The zero-order valence-corrected chi connectivity index (χ0v) is 15.1. The average molecular weight is 362 g/mol. The molecule has 3 nitrogen and oxygen atoms in total. The highest BCUT2D eigenvalue weighted by Gasteiger charge is 2.11. The van der Waals surface area contributed by atoms with Crippen molar-refractivity contribution in [1.82, 2.24) is 5.32 Å². The van der Waals surface area contributed by atoms with E-state index in [0.717, 1.165) is 29.1 Å². The van der Waals surface area contributed by atoms with Crippen molar-refractivity contribution in [3.8, 4) is 11.5 Å². The molecule has 0 aliphatic carbocycles. The number of hydrogen-bond donors (Lipinski definition) is 1. The lowest BCUT2D eigenvalue weighted by atomic mass is 10.1. The van der Waals surface area contributed by atoms with Gasteiger partial charge >= 0.3 is 0 Å². The van der Waals surface area contributed by atoms with Gasteiger partial charge in [0.2, 0.25) is 0 Å². The Morgan fingerprint density at radius 1 is 1.40 bits per heavy atom. The maximum atomic E-state index is 5.59. The highest BCUT2D eigenvalue weighted by molar-refractivity contribution is 9.10. The molecule has 0 aromatic heterocycles. The number of benzene rings is 1. The standard InChI is InChI=1S/C15H24BrNO2S/c1-5-19-15-13(16)6-12(7-14(15)18-3)9-17-8-11(2)10-20-4/h6-7,11,17H,5,8-10H2,1-4H3. The molecule has 0 aliphatic rings. The van der Waals surface area contributed by atoms with Crippen LogP contribution in [0, 0.1) is 5.92 Å². The summed E-state index contributed by atoms with van der Waals surface area (Å²) in [5.74, 6) is 3.41. The number of nitrogens with one attached hydrogen (secondary N) is 1. The van der Waals surface area contributed by atoms with E-state index < -0.39 is 0 Å². The lowest BCUT2D eigenvalue weighted by Gasteiger charge is -2.15. The Labute approximate surface area is 134 Å². The molecule has 1 aromatic carbocycles. The number of halogens is 1. The third kappa shape index (κ3) is 5.54. The molecule has 0 aliphatic heterocycles. The van der Waals surface area contributed by atoms with Crippen molar-refractivity contribution >= 4 is 27.7 Å². The van der Waals surface area contributed by atoms with Gasteiger partial charge in [0, 0.05) is 6.54 Å². The number of ether oxygens (including phenoxy) is 2. The Kier molecular flexibility index (Phi) is 8.41. The molecular weight excluding hydrogens is 338 g/mol. The van der Waals surface area contributed by atoms with Crippen LogP contribution in [-0.2, 0) is 6.54 Å². The van der Waals surface area contributed by atoms with E-state index in [-0.39, 0.29) is 0 Å². The predicted molar refractivity (Wildman–Crippen MR) is 91.1 cm³/mol. The monoisotopic (exact) mass is 361 g/mol. The second-order valence-electron chi connectivity index (χ2n) is 4.73. The first-order valence-electron chi connectivity index (χ1n) is 6.81. The van der Waals surface area contributed by atoms with Gasteiger partial charge in [-0.15, -0.1) is 0 Å². The van der Waals surface area contributed by atoms with Crippen LogP contribution in [0.3, 0.4) is 0 Å². The molecule has 0 radical (unpaired) electrons. The van der Waals surface area contributed by atoms with E-state index in [0.29, 0.717) is 12.5 Å². The van der Waals surface area contributed by atoms with Crippen LogP contribution in [0.2, 0.25) is 0 Å². The highest BCUT2D eigenvalue weighted by Crippen LogP contribution is 2.36. The van der Waals surface area contributed by atoms with Gasteiger partial charge < -0.3 is 14.8 Å². The summed E-state index contributed by atoms with van der Waals surface area (Å²) in [4.78, 5) is 0. The van der Waals surface area contributed by atoms with Crippen LogP contribution in [0.5, 0.6) is 11.5 Å². The zero-order valence-electron chi connectivity index (χ0n) is 12.7. The summed E-state index contributed by atoms with van der Waals surface area (Å²) in [7, 11) is 1.67. The van der Waals surface area contributed by atoms with E-state index in [2.05, 4.69) is 40.5 Å². The zero-order chi connectivity index (χ0) is 15.0. The molecule has 0 fully saturated rings. The van der Waals surface area contributed by atoms with Gasteiger partial charge in [0.25, 0.3) is 0 Å². The first-order chi connectivity index (χ1) is 9.62. The largest absolute Gasteiger partial charge is 0.493 e. The molecule has 1 N–H and O–H groups in total. The molecule has 20 heavy (non-hydrogen) atoms. The minimum absolute atomic E-state index is 0.624. The second kappa shape index (κ2) is 9.53. The Morgan fingerprint density at radius 3 is 2.75 bits per heavy atom. The highest BCUT2D eigenvalue weighted by atomic mass is 79.9. The fourth-order valence-corrected chi connectivity index (χ4v) is 3.26. The van der Waals surface area contributed by atoms with Gasteiger partial charge in [-0.1, -0.05) is 6.92 Å². The normalized spacial score (nSPS) is 12.2. The molecule has 0 spiro atoms. The van der Waals surface area contributed by atoms with Gasteiger partial charge in [0.05, 0.1) is 18.2 Å². The molecule has 5 heteroatoms. The van der Waals surface area contributed by atoms with Crippen molar-refractivity contribution in [2.24, 2.45) is 5.92 Å². The predicted octanol–water partition coefficient (Wildman–Crippen LogP) is 3.95. The summed E-state index contributed by atoms with van der Waals surface area (Å²) in [6.07, 6.45) is 2.14. The smallest absolute Gasteiger partial charge is 0.175 e. The molecule has 0 bridgehead atoms. The van der Waals surface area contributed by atoms with Crippen LogP contribution in [-0.4, -0.2) is 32.3 Å². The molecule has 0 amide bonds. The topological polar surface area (TPSA) is 30.5 Å². The van der Waals surface area contributed by atoms with Crippen LogP contribution in [0.1, 0.15) is 19.4 Å². The molecule has 1 rings (SSSR count). The third-order valence-corrected chi connectivity index (χ3v) is 4.34. The Balaban J connectivity index is 2.65. The second-order valence-corrected chi connectivity index (χ2v) is 6.50. The molecule has 0 saturated heterocycles. The van der Waals surface area contributed by atoms with Crippen molar-refractivity contribution < 1.29 is 9.47 Å². The maximum Gasteiger partial charge on any atom is 0.175 e. The van der Waals surface area contributed by atoms with Crippen molar-refractivity contribution in [3.63, 3.8) is 0 Å². The van der Waals surface area contributed by atoms with Crippen LogP contribution in [0.4, 0.5) is 0 Å². The van der Waals surface area contributed by atoms with Crippen molar-refractivity contribution in [1.29, 1.82) is 0 Å². The number of methoxy groups -OCH3 is 1. The third-order valence-electron chi connectivity index (χ3n) is 2.85. The maximum absolute atomic E-state index is 5.59. The SMILES string of the molecule is CCOc1c(Br)cc(CNCC(C)CSC)cc1OC. The lowest BCUT2D eigenvalue weighted by Crippen LogP contribution is -2.22. The molecule has 0 heterocycles. The van der Waals surface area contributed by atoms with E-state index in [1.54, 1.807) is 7.11 Å². The van der Waals surface area contributed by atoms with Crippen molar-refractivity contribution in [2.75, 3.05) is 32.3 Å². The van der Waals surface area contributed by atoms with E-state index in [4.69, 9.17) is 9.47 Å². The molecule has 1 atom stereocenters. The lowest BCUT2D eigenvalue weighted by molar-refractivity contribution is 0.308. The van der Waals surface area contributed by atoms with Gasteiger partial charge in [-0.2, -0.15) is 11.8 Å². The number of rotatable bonds is 9. The Morgan fingerprint density at radius 2 is 2.15 bits per heavy atom. The Bertz CT molecular complexity index is 415. The van der Waals surface area contributed by atoms with Gasteiger partial charge in [-0.25, -0.2) is 0 Å². The first-order valence-corrected chi connectivity index (χ1v) is 8.99. The summed E-state index contributed by atoms with van der Waals surface area (Å²) in [6.45, 7) is 6.71. The molecule has 0 saturated carbocycles. The van der Waals surface area contributed by atoms with Crippen LogP contribution in [0.25, 0.3) is 0 Å². The van der Waals surface area contributed by atoms with Crippen LogP contribution < -0.4 is 14.8 Å². The van der Waals surface area contributed by atoms with Gasteiger partial charge in [-0.3, -0.25) is 0 Å². The fraction of sp³-hybridized carbons (Fsp3) is 0.600. The van der Waals surface area contributed by atoms with Gasteiger partial charge in [0.1, 0.15) is 0 Å². The van der Waals surface area contributed by atoms with Gasteiger partial charge in [0.15, 0.2) is 11.5 Å². The summed E-state index contributed by atoms with van der Waals surface area (Å²) < 4.78 is 11.9. The average Bonchev–Trinajstić information content (AvgIpc) is 2.41. The van der Waals surface area contributed by atoms with Crippen LogP contribution in [0.15, 0.2) is 16.6 Å². The minimum atomic E-state index is 0.624. The number of hydrogen-bond acceptors (Lipinski definition) is 4. The van der Waals surface area contributed by atoms with Crippen molar-refractivity contribution in [3.05, 3.63) is 22.2 Å². The summed E-state index contributed by atoms with van der Waals surface area (Å²) >= 11 is 5.44. The van der Waals surface area contributed by atoms with Crippen molar-refractivity contribution in [2.45, 2.75) is 20.4 Å².